The fraction of sp³-hybridized carbons (Fsp3) is 0.500. The van der Waals surface area contributed by atoms with Gasteiger partial charge in [0.25, 0.3) is 12.0 Å². The molecule has 1 saturated heterocycles. The monoisotopic (exact) mass is 413 g/mol. The van der Waals surface area contributed by atoms with Gasteiger partial charge in [-0.1, -0.05) is 12.1 Å². The normalized spacial score (nSPS) is 19.6. The smallest absolute Gasteiger partial charge is 0.261 e. The lowest BCUT2D eigenvalue weighted by Gasteiger charge is -2.27. The average Bonchev–Trinajstić information content (AvgIpc) is 3.37. The molecular formula is C22H25F2N5O. The van der Waals surface area contributed by atoms with Crippen LogP contribution in [0.4, 0.5) is 8.78 Å². The van der Waals surface area contributed by atoms with Crippen LogP contribution >= 0.6 is 0 Å². The molecule has 2 aliphatic rings. The molecule has 1 atom stereocenters. The molecule has 2 aromatic heterocycles. The van der Waals surface area contributed by atoms with Gasteiger partial charge in [0.15, 0.2) is 0 Å². The van der Waals surface area contributed by atoms with Crippen LogP contribution in [0.1, 0.15) is 48.8 Å². The van der Waals surface area contributed by atoms with Crippen LogP contribution < -0.4 is 5.56 Å². The first kappa shape index (κ1) is 19.4. The van der Waals surface area contributed by atoms with E-state index in [1.54, 1.807) is 18.2 Å². The molecule has 1 aromatic carbocycles. The molecule has 0 amide bonds. The first-order valence-electron chi connectivity index (χ1n) is 10.7. The lowest BCUT2D eigenvalue weighted by molar-refractivity contribution is 0.120. The minimum atomic E-state index is -2.61. The molecule has 0 saturated carbocycles. The van der Waals surface area contributed by atoms with E-state index in [-0.39, 0.29) is 11.6 Å². The van der Waals surface area contributed by atoms with Crippen molar-refractivity contribution in [2.24, 2.45) is 0 Å². The molecule has 0 radical (unpaired) electrons. The van der Waals surface area contributed by atoms with Gasteiger partial charge in [0, 0.05) is 24.3 Å². The van der Waals surface area contributed by atoms with Crippen molar-refractivity contribution in [3.8, 4) is 0 Å². The third kappa shape index (κ3) is 3.43. The Hall–Kier alpha value is -2.61. The van der Waals surface area contributed by atoms with E-state index < -0.39 is 13.0 Å². The van der Waals surface area contributed by atoms with Gasteiger partial charge in [-0.15, -0.1) is 0 Å². The van der Waals surface area contributed by atoms with E-state index in [4.69, 9.17) is 4.98 Å². The van der Waals surface area contributed by atoms with Crippen molar-refractivity contribution in [2.45, 2.75) is 64.2 Å². The molecule has 6 nitrogen and oxygen atoms in total. The van der Waals surface area contributed by atoms with Gasteiger partial charge in [0.1, 0.15) is 5.82 Å². The number of para-hydroxylation sites is 1. The summed E-state index contributed by atoms with van der Waals surface area (Å²) in [5.41, 5.74) is 2.66. The Balaban J connectivity index is 1.53. The van der Waals surface area contributed by atoms with E-state index >= 15 is 0 Å². The predicted molar refractivity (Wildman–Crippen MR) is 110 cm³/mol. The van der Waals surface area contributed by atoms with Crippen LogP contribution in [0.15, 0.2) is 35.3 Å². The number of hydrogen-bond acceptors (Lipinski definition) is 4. The standard InChI is InChI=1S/C22H25F2N5O/c23-20(24)14-28-21(26-17-7-2-1-6-16(17)22(28)30)19-9-5-10-27(19)13-15-12-25-29-11-4-3-8-18(15)29/h1-2,6-7,12,19-20H,3-5,8-11,13-14H2. The Kier molecular flexibility index (Phi) is 5.10. The third-order valence-electron chi connectivity index (χ3n) is 6.32. The van der Waals surface area contributed by atoms with Crippen LogP contribution in [0.25, 0.3) is 10.9 Å². The number of alkyl halides is 2. The number of fused-ring (bicyclic) bond motifs is 2. The topological polar surface area (TPSA) is 56.0 Å². The highest BCUT2D eigenvalue weighted by molar-refractivity contribution is 5.77. The second-order valence-corrected chi connectivity index (χ2v) is 8.22. The van der Waals surface area contributed by atoms with Crippen LogP contribution in [-0.2, 0) is 26.1 Å². The zero-order chi connectivity index (χ0) is 20.7. The van der Waals surface area contributed by atoms with Crippen molar-refractivity contribution in [3.63, 3.8) is 0 Å². The van der Waals surface area contributed by atoms with Crippen molar-refractivity contribution < 1.29 is 8.78 Å². The molecule has 8 heteroatoms. The second kappa shape index (κ2) is 7.91. The maximum atomic E-state index is 13.3. The van der Waals surface area contributed by atoms with Crippen LogP contribution in [-0.4, -0.2) is 37.2 Å². The lowest BCUT2D eigenvalue weighted by Crippen LogP contribution is -2.33. The van der Waals surface area contributed by atoms with Crippen LogP contribution in [0, 0.1) is 0 Å². The number of nitrogens with zero attached hydrogens (tertiary/aromatic N) is 5. The number of aryl methyl sites for hydroxylation is 1. The van der Waals surface area contributed by atoms with E-state index in [0.717, 1.165) is 38.8 Å². The fourth-order valence-corrected chi connectivity index (χ4v) is 4.90. The van der Waals surface area contributed by atoms with Gasteiger partial charge in [-0.25, -0.2) is 13.8 Å². The largest absolute Gasteiger partial charge is 0.289 e. The molecule has 4 heterocycles. The first-order valence-corrected chi connectivity index (χ1v) is 10.7. The molecule has 0 N–H and O–H groups in total. The molecule has 0 aliphatic carbocycles. The number of benzene rings is 1. The molecule has 1 fully saturated rings. The van der Waals surface area contributed by atoms with E-state index in [1.807, 2.05) is 12.3 Å². The second-order valence-electron chi connectivity index (χ2n) is 8.22. The van der Waals surface area contributed by atoms with Crippen LogP contribution in [0.5, 0.6) is 0 Å². The van der Waals surface area contributed by atoms with Gasteiger partial charge in [-0.05, 0) is 50.8 Å². The maximum Gasteiger partial charge on any atom is 0.261 e. The quantitative estimate of drug-likeness (QED) is 0.642. The van der Waals surface area contributed by atoms with Gasteiger partial charge >= 0.3 is 0 Å². The molecule has 3 aromatic rings. The predicted octanol–water partition coefficient (Wildman–Crippen LogP) is 3.53. The van der Waals surface area contributed by atoms with Gasteiger partial charge < -0.3 is 0 Å². The summed E-state index contributed by atoms with van der Waals surface area (Å²) >= 11 is 0. The summed E-state index contributed by atoms with van der Waals surface area (Å²) in [5, 5.41) is 4.91. The molecule has 158 valence electrons. The maximum absolute atomic E-state index is 13.3. The molecular weight excluding hydrogens is 388 g/mol. The molecule has 2 aliphatic heterocycles. The third-order valence-corrected chi connectivity index (χ3v) is 6.32. The zero-order valence-corrected chi connectivity index (χ0v) is 16.8. The SMILES string of the molecule is O=c1c2ccccc2nc(C2CCCN2Cc2cnn3c2CCCC3)n1CC(F)F. The van der Waals surface area contributed by atoms with Gasteiger partial charge in [0.05, 0.1) is 29.7 Å². The summed E-state index contributed by atoms with van der Waals surface area (Å²) in [6, 6.07) is 6.84. The van der Waals surface area contributed by atoms with Crippen molar-refractivity contribution in [1.82, 2.24) is 24.2 Å². The van der Waals surface area contributed by atoms with Crippen molar-refractivity contribution in [2.75, 3.05) is 6.54 Å². The lowest BCUT2D eigenvalue weighted by atomic mass is 10.1. The van der Waals surface area contributed by atoms with Gasteiger partial charge in [-0.3, -0.25) is 18.9 Å². The number of hydrogen-bond donors (Lipinski definition) is 0. The zero-order valence-electron chi connectivity index (χ0n) is 16.8. The fourth-order valence-electron chi connectivity index (χ4n) is 4.90. The molecule has 1 unspecified atom stereocenters. The number of aromatic nitrogens is 4. The summed E-state index contributed by atoms with van der Waals surface area (Å²) in [7, 11) is 0. The van der Waals surface area contributed by atoms with Crippen molar-refractivity contribution in [1.29, 1.82) is 0 Å². The molecule has 0 bridgehead atoms. The molecule has 0 spiro atoms. The van der Waals surface area contributed by atoms with Gasteiger partial charge in [-0.2, -0.15) is 5.10 Å². The Bertz CT molecular complexity index is 1120. The summed E-state index contributed by atoms with van der Waals surface area (Å²) in [6.07, 6.45) is 4.43. The van der Waals surface area contributed by atoms with Crippen LogP contribution in [0.2, 0.25) is 0 Å². The minimum absolute atomic E-state index is 0.153. The average molecular weight is 413 g/mol. The highest BCUT2D eigenvalue weighted by Crippen LogP contribution is 2.33. The Morgan fingerprint density at radius 2 is 2.00 bits per heavy atom. The summed E-state index contributed by atoms with van der Waals surface area (Å²) in [6.45, 7) is 1.89. The molecule has 30 heavy (non-hydrogen) atoms. The summed E-state index contributed by atoms with van der Waals surface area (Å²) < 4.78 is 30.0. The number of halogens is 2. The van der Waals surface area contributed by atoms with Crippen molar-refractivity contribution in [3.05, 3.63) is 57.9 Å². The highest BCUT2D eigenvalue weighted by atomic mass is 19.3. The molecule has 5 rings (SSSR count). The summed E-state index contributed by atoms with van der Waals surface area (Å²) in [5.74, 6) is 0.456. The minimum Gasteiger partial charge on any atom is -0.289 e. The first-order chi connectivity index (χ1) is 14.6. The van der Waals surface area contributed by atoms with E-state index in [1.165, 1.54) is 22.2 Å². The Morgan fingerprint density at radius 1 is 1.13 bits per heavy atom. The van der Waals surface area contributed by atoms with Gasteiger partial charge in [0.2, 0.25) is 0 Å². The Labute approximate surface area is 173 Å². The summed E-state index contributed by atoms with van der Waals surface area (Å²) in [4.78, 5) is 20.0. The number of likely N-dealkylation sites (tertiary alicyclic amines) is 1. The van der Waals surface area contributed by atoms with E-state index in [9.17, 15) is 13.6 Å². The van der Waals surface area contributed by atoms with Crippen molar-refractivity contribution >= 4 is 10.9 Å². The number of rotatable bonds is 5. The van der Waals surface area contributed by atoms with E-state index in [0.29, 0.717) is 23.3 Å². The van der Waals surface area contributed by atoms with E-state index in [2.05, 4.69) is 14.7 Å². The Morgan fingerprint density at radius 3 is 2.87 bits per heavy atom. The van der Waals surface area contributed by atoms with Crippen LogP contribution in [0.3, 0.4) is 0 Å². The highest BCUT2D eigenvalue weighted by Gasteiger charge is 2.32.